The Balaban J connectivity index is 1.04. The van der Waals surface area contributed by atoms with Crippen LogP contribution in [-0.2, 0) is 24.8 Å². The van der Waals surface area contributed by atoms with Crippen molar-refractivity contribution in [2.24, 2.45) is 7.05 Å². The lowest BCUT2D eigenvalue weighted by Crippen LogP contribution is -2.44. The van der Waals surface area contributed by atoms with E-state index in [1.807, 2.05) is 75.0 Å². The van der Waals surface area contributed by atoms with Crippen molar-refractivity contribution in [2.75, 3.05) is 13.1 Å². The molecule has 1 aliphatic rings. The molecule has 0 radical (unpaired) electrons. The fraction of sp³-hybridized carbons (Fsp3) is 0.371. The van der Waals surface area contributed by atoms with Crippen molar-refractivity contribution >= 4 is 44.3 Å². The molecule has 1 fully saturated rings. The molecule has 0 unspecified atom stereocenters. The number of hydrogen-bond donors (Lipinski definition) is 0. The topological polar surface area (TPSA) is 65.7 Å². The monoisotopic (exact) mass is 597 g/mol. The molecule has 0 aliphatic carbocycles. The van der Waals surface area contributed by atoms with Crippen LogP contribution in [-0.4, -0.2) is 50.7 Å². The minimum atomic E-state index is -0.483. The normalized spacial score (nSPS) is 14.5. The van der Waals surface area contributed by atoms with Gasteiger partial charge in [0, 0.05) is 62.2 Å². The van der Waals surface area contributed by atoms with E-state index in [-0.39, 0.29) is 18.0 Å². The van der Waals surface area contributed by atoms with E-state index in [1.165, 1.54) is 5.56 Å². The van der Waals surface area contributed by atoms with E-state index in [0.717, 1.165) is 70.4 Å². The molecular weight excluding hydrogens is 558 g/mol. The highest BCUT2D eigenvalue weighted by Crippen LogP contribution is 2.29. The van der Waals surface area contributed by atoms with Gasteiger partial charge in [0.15, 0.2) is 0 Å². The molecule has 7 nitrogen and oxygen atoms in total. The van der Waals surface area contributed by atoms with Crippen molar-refractivity contribution in [3.8, 4) is 5.75 Å². The highest BCUT2D eigenvalue weighted by atomic mass is 32.1. The van der Waals surface area contributed by atoms with Gasteiger partial charge < -0.3 is 23.5 Å². The fourth-order valence-corrected chi connectivity index (χ4v) is 6.73. The molecular formula is C35H39N3O4S. The van der Waals surface area contributed by atoms with Crippen LogP contribution in [0.25, 0.3) is 21.1 Å². The molecule has 5 aromatic rings. The SMILES string of the molecule is Cn1c(C(=O)c2cn(CCCc3ccc(OC4CCN(C(=O)OC(C)(C)C)CC4)cc3)c3ccccc23)cc2sccc21. The summed E-state index contributed by atoms with van der Waals surface area (Å²) in [7, 11) is 1.97. The zero-order valence-corrected chi connectivity index (χ0v) is 26.2. The number of para-hydroxylation sites is 1. The first-order valence-corrected chi connectivity index (χ1v) is 15.9. The summed E-state index contributed by atoms with van der Waals surface area (Å²) < 4.78 is 17.1. The lowest BCUT2D eigenvalue weighted by molar-refractivity contribution is 0.0126. The summed E-state index contributed by atoms with van der Waals surface area (Å²) in [4.78, 5) is 27.8. The van der Waals surface area contributed by atoms with Crippen LogP contribution in [0.2, 0.25) is 0 Å². The van der Waals surface area contributed by atoms with Crippen molar-refractivity contribution in [1.82, 2.24) is 14.0 Å². The highest BCUT2D eigenvalue weighted by molar-refractivity contribution is 7.17. The summed E-state index contributed by atoms with van der Waals surface area (Å²) in [5.41, 5.74) is 4.43. The van der Waals surface area contributed by atoms with Gasteiger partial charge in [0.1, 0.15) is 17.5 Å². The van der Waals surface area contributed by atoms with Gasteiger partial charge in [-0.05, 0) is 74.9 Å². The van der Waals surface area contributed by atoms with Crippen LogP contribution in [0.15, 0.2) is 72.2 Å². The maximum absolute atomic E-state index is 13.7. The molecule has 8 heteroatoms. The van der Waals surface area contributed by atoms with Crippen LogP contribution < -0.4 is 4.74 Å². The Hall–Kier alpha value is -4.04. The van der Waals surface area contributed by atoms with E-state index in [0.29, 0.717) is 13.1 Å². The minimum Gasteiger partial charge on any atom is -0.490 e. The number of likely N-dealkylation sites (tertiary alicyclic amines) is 1. The van der Waals surface area contributed by atoms with E-state index >= 15 is 0 Å². The summed E-state index contributed by atoms with van der Waals surface area (Å²) in [6.07, 6.45) is 5.34. The number of fused-ring (bicyclic) bond motifs is 2. The van der Waals surface area contributed by atoms with Crippen molar-refractivity contribution in [2.45, 2.75) is 64.7 Å². The number of ether oxygens (including phenoxy) is 2. The Bertz CT molecular complexity index is 1750. The second kappa shape index (κ2) is 11.9. The maximum Gasteiger partial charge on any atom is 0.410 e. The third-order valence-electron chi connectivity index (χ3n) is 8.11. The van der Waals surface area contributed by atoms with E-state index < -0.39 is 5.60 Å². The van der Waals surface area contributed by atoms with Gasteiger partial charge in [-0.25, -0.2) is 4.79 Å². The van der Waals surface area contributed by atoms with Gasteiger partial charge in [-0.15, -0.1) is 11.3 Å². The maximum atomic E-state index is 13.7. The number of thiophene rings is 1. The van der Waals surface area contributed by atoms with Gasteiger partial charge in [0.05, 0.1) is 15.9 Å². The Kier molecular flexibility index (Phi) is 8.05. The van der Waals surface area contributed by atoms with Crippen molar-refractivity contribution in [1.29, 1.82) is 0 Å². The number of nitrogens with zero attached hydrogens (tertiary/aromatic N) is 3. The molecule has 1 amide bonds. The molecule has 0 saturated carbocycles. The second-order valence-electron chi connectivity index (χ2n) is 12.4. The zero-order valence-electron chi connectivity index (χ0n) is 25.3. The molecule has 43 heavy (non-hydrogen) atoms. The predicted molar refractivity (Wildman–Crippen MR) is 172 cm³/mol. The molecule has 1 saturated heterocycles. The van der Waals surface area contributed by atoms with Gasteiger partial charge in [-0.1, -0.05) is 30.3 Å². The lowest BCUT2D eigenvalue weighted by atomic mass is 10.1. The zero-order chi connectivity index (χ0) is 30.1. The first-order chi connectivity index (χ1) is 20.7. The summed E-state index contributed by atoms with van der Waals surface area (Å²) >= 11 is 1.66. The van der Waals surface area contributed by atoms with Gasteiger partial charge >= 0.3 is 6.09 Å². The third kappa shape index (κ3) is 6.34. The Morgan fingerprint density at radius 2 is 1.72 bits per heavy atom. The van der Waals surface area contributed by atoms with Crippen LogP contribution in [0.5, 0.6) is 5.75 Å². The average molecular weight is 598 g/mol. The number of carbonyl (C=O) groups excluding carboxylic acids is 2. The van der Waals surface area contributed by atoms with Crippen LogP contribution >= 0.6 is 11.3 Å². The molecule has 0 N–H and O–H groups in total. The predicted octanol–water partition coefficient (Wildman–Crippen LogP) is 7.84. The van der Waals surface area contributed by atoms with Gasteiger partial charge in [-0.2, -0.15) is 0 Å². The van der Waals surface area contributed by atoms with Crippen LogP contribution in [0.1, 0.15) is 61.6 Å². The van der Waals surface area contributed by atoms with Crippen molar-refractivity contribution in [3.63, 3.8) is 0 Å². The van der Waals surface area contributed by atoms with E-state index in [1.54, 1.807) is 16.2 Å². The number of hydrogen-bond acceptors (Lipinski definition) is 5. The molecule has 1 aliphatic heterocycles. The first kappa shape index (κ1) is 29.1. The number of rotatable bonds is 8. The average Bonchev–Trinajstić information content (AvgIpc) is 3.68. The molecule has 4 heterocycles. The number of benzene rings is 2. The van der Waals surface area contributed by atoms with Gasteiger partial charge in [-0.3, -0.25) is 4.79 Å². The quantitative estimate of drug-likeness (QED) is 0.171. The molecule has 0 atom stereocenters. The third-order valence-corrected chi connectivity index (χ3v) is 8.97. The largest absolute Gasteiger partial charge is 0.490 e. The van der Waals surface area contributed by atoms with Crippen LogP contribution in [0.4, 0.5) is 4.79 Å². The lowest BCUT2D eigenvalue weighted by Gasteiger charge is -2.33. The Labute approximate surface area is 256 Å². The molecule has 6 rings (SSSR count). The number of piperidine rings is 1. The molecule has 3 aromatic heterocycles. The second-order valence-corrected chi connectivity index (χ2v) is 13.3. The molecule has 0 bridgehead atoms. The number of carbonyl (C=O) groups is 2. The van der Waals surface area contributed by atoms with Gasteiger partial charge in [0.2, 0.25) is 5.78 Å². The highest BCUT2D eigenvalue weighted by Gasteiger charge is 2.27. The molecule has 2 aromatic carbocycles. The standard InChI is InChI=1S/C35H39N3O4S/c1-35(2,3)42-34(40)37-19-15-26(16-20-37)41-25-13-11-24(12-14-25)8-7-18-38-23-28(27-9-5-6-10-29(27)38)33(39)31-22-32-30(36(31)4)17-21-43-32/h5-6,9-14,17,21-23,26H,7-8,15-16,18-20H2,1-4H3. The number of ketones is 1. The summed E-state index contributed by atoms with van der Waals surface area (Å²) in [5, 5.41) is 3.06. The molecule has 224 valence electrons. The summed E-state index contributed by atoms with van der Waals surface area (Å²) in [6.45, 7) is 7.77. The summed E-state index contributed by atoms with van der Waals surface area (Å²) in [5.74, 6) is 0.923. The summed E-state index contributed by atoms with van der Waals surface area (Å²) in [6, 6.07) is 20.6. The van der Waals surface area contributed by atoms with Crippen LogP contribution in [0, 0.1) is 0 Å². The Morgan fingerprint density at radius 1 is 0.977 bits per heavy atom. The van der Waals surface area contributed by atoms with Crippen molar-refractivity contribution < 1.29 is 19.1 Å². The number of aryl methyl sites for hydroxylation is 3. The van der Waals surface area contributed by atoms with E-state index in [4.69, 9.17) is 9.47 Å². The fourth-order valence-electron chi connectivity index (χ4n) is 5.88. The molecule has 0 spiro atoms. The van der Waals surface area contributed by atoms with Gasteiger partial charge in [0.25, 0.3) is 0 Å². The number of amides is 1. The first-order valence-electron chi connectivity index (χ1n) is 15.1. The Morgan fingerprint density at radius 3 is 2.44 bits per heavy atom. The van der Waals surface area contributed by atoms with Crippen molar-refractivity contribution in [3.05, 3.63) is 89.1 Å². The minimum absolute atomic E-state index is 0.0620. The van der Waals surface area contributed by atoms with E-state index in [2.05, 4.69) is 34.2 Å². The van der Waals surface area contributed by atoms with E-state index in [9.17, 15) is 9.59 Å². The van der Waals surface area contributed by atoms with Crippen LogP contribution in [0.3, 0.4) is 0 Å². The number of aromatic nitrogens is 2. The smallest absolute Gasteiger partial charge is 0.410 e.